The summed E-state index contributed by atoms with van der Waals surface area (Å²) in [5, 5.41) is 3.86. The van der Waals surface area contributed by atoms with Crippen LogP contribution in [0.4, 0.5) is 4.79 Å². The van der Waals surface area contributed by atoms with E-state index >= 15 is 0 Å². The maximum Gasteiger partial charge on any atom is 0.332 e. The number of carbonyl (C=O) groups is 1. The third-order valence-electron chi connectivity index (χ3n) is 2.50. The summed E-state index contributed by atoms with van der Waals surface area (Å²) in [6.45, 7) is 3.62. The summed E-state index contributed by atoms with van der Waals surface area (Å²) in [6, 6.07) is 3.03. The first kappa shape index (κ1) is 12.7. The Balaban J connectivity index is 2.32. The van der Waals surface area contributed by atoms with Crippen molar-refractivity contribution in [1.82, 2.24) is 20.4 Å². The minimum atomic E-state index is -0.708. The Bertz CT molecular complexity index is 616. The molecule has 4 N–H and O–H groups in total. The first-order valence-electron chi connectivity index (χ1n) is 5.65. The average Bonchev–Trinajstić information content (AvgIpc) is 2.79. The second-order valence-corrected chi connectivity index (χ2v) is 3.97. The molecule has 0 saturated heterocycles. The number of nitrogens with one attached hydrogen (secondary N) is 2. The van der Waals surface area contributed by atoms with Gasteiger partial charge in [-0.15, -0.1) is 0 Å². The Kier molecular flexibility index (Phi) is 3.56. The van der Waals surface area contributed by atoms with Crippen LogP contribution in [-0.2, 0) is 0 Å². The predicted molar refractivity (Wildman–Crippen MR) is 71.5 cm³/mol. The van der Waals surface area contributed by atoms with E-state index in [4.69, 9.17) is 5.73 Å². The lowest BCUT2D eigenvalue weighted by Gasteiger charge is -1.97. The van der Waals surface area contributed by atoms with Gasteiger partial charge in [0.25, 0.3) is 0 Å². The molecule has 2 aromatic rings. The Hall–Kier alpha value is -2.70. The first-order chi connectivity index (χ1) is 9.08. The smallest absolute Gasteiger partial charge is 0.332 e. The van der Waals surface area contributed by atoms with Gasteiger partial charge >= 0.3 is 6.03 Å². The van der Waals surface area contributed by atoms with Crippen LogP contribution in [0.25, 0.3) is 11.4 Å². The lowest BCUT2D eigenvalue weighted by molar-refractivity contribution is 0.249. The van der Waals surface area contributed by atoms with Crippen LogP contribution in [0, 0.1) is 6.92 Å². The number of urea groups is 1. The maximum absolute atomic E-state index is 10.6. The van der Waals surface area contributed by atoms with Crippen LogP contribution in [0.15, 0.2) is 29.6 Å². The summed E-state index contributed by atoms with van der Waals surface area (Å²) in [4.78, 5) is 22.2. The summed E-state index contributed by atoms with van der Waals surface area (Å²) < 4.78 is 0. The molecule has 0 saturated carbocycles. The van der Waals surface area contributed by atoms with Crippen molar-refractivity contribution in [3.8, 4) is 11.4 Å². The van der Waals surface area contributed by atoms with Gasteiger partial charge in [0.15, 0.2) is 0 Å². The van der Waals surface area contributed by atoms with Crippen LogP contribution in [0.3, 0.4) is 0 Å². The van der Waals surface area contributed by atoms with Crippen LogP contribution in [0.1, 0.15) is 18.3 Å². The SMILES string of the molecule is CC(=NNC(N)=O)c1nc(-c2cccnc2)[nH]c1C. The number of pyridine rings is 1. The number of amides is 2. The lowest BCUT2D eigenvalue weighted by atomic mass is 10.2. The van der Waals surface area contributed by atoms with E-state index in [2.05, 4.69) is 25.5 Å². The molecule has 0 atom stereocenters. The van der Waals surface area contributed by atoms with Gasteiger partial charge in [-0.3, -0.25) is 4.98 Å². The molecule has 0 radical (unpaired) electrons. The van der Waals surface area contributed by atoms with Crippen LogP contribution in [0.5, 0.6) is 0 Å². The Morgan fingerprint density at radius 2 is 2.32 bits per heavy atom. The number of hydrogen-bond donors (Lipinski definition) is 3. The molecule has 2 amide bonds. The fraction of sp³-hybridized carbons (Fsp3) is 0.167. The first-order valence-corrected chi connectivity index (χ1v) is 5.65. The van der Waals surface area contributed by atoms with E-state index in [9.17, 15) is 4.79 Å². The van der Waals surface area contributed by atoms with Gasteiger partial charge in [-0.25, -0.2) is 15.2 Å². The molecule has 7 nitrogen and oxygen atoms in total. The van der Waals surface area contributed by atoms with Crippen molar-refractivity contribution in [1.29, 1.82) is 0 Å². The van der Waals surface area contributed by atoms with Gasteiger partial charge in [-0.05, 0) is 26.0 Å². The van der Waals surface area contributed by atoms with Crippen molar-refractivity contribution < 1.29 is 4.79 Å². The Labute approximate surface area is 110 Å². The van der Waals surface area contributed by atoms with Gasteiger partial charge in [-0.2, -0.15) is 5.10 Å². The quantitative estimate of drug-likeness (QED) is 0.567. The summed E-state index contributed by atoms with van der Waals surface area (Å²) >= 11 is 0. The summed E-state index contributed by atoms with van der Waals surface area (Å²) in [6.07, 6.45) is 3.42. The number of carbonyl (C=O) groups excluding carboxylic acids is 1. The molecule has 19 heavy (non-hydrogen) atoms. The van der Waals surface area contributed by atoms with Gasteiger partial charge in [0.2, 0.25) is 0 Å². The monoisotopic (exact) mass is 258 g/mol. The van der Waals surface area contributed by atoms with E-state index in [-0.39, 0.29) is 0 Å². The average molecular weight is 258 g/mol. The fourth-order valence-electron chi connectivity index (χ4n) is 1.64. The zero-order chi connectivity index (χ0) is 13.8. The molecule has 0 aliphatic rings. The number of hydrogen-bond acceptors (Lipinski definition) is 4. The molecule has 0 spiro atoms. The highest BCUT2D eigenvalue weighted by molar-refractivity contribution is 5.98. The normalized spacial score (nSPS) is 11.4. The van der Waals surface area contributed by atoms with Crippen molar-refractivity contribution in [2.24, 2.45) is 10.8 Å². The molecular formula is C12H14N6O. The van der Waals surface area contributed by atoms with Crippen molar-refractivity contribution in [3.63, 3.8) is 0 Å². The van der Waals surface area contributed by atoms with Crippen LogP contribution in [-0.4, -0.2) is 26.7 Å². The molecule has 2 heterocycles. The molecular weight excluding hydrogens is 244 g/mol. The number of aromatic amines is 1. The van der Waals surface area contributed by atoms with Gasteiger partial charge in [0.1, 0.15) is 11.5 Å². The largest absolute Gasteiger partial charge is 0.350 e. The van der Waals surface area contributed by atoms with Gasteiger partial charge in [0, 0.05) is 23.7 Å². The number of nitrogens with zero attached hydrogens (tertiary/aromatic N) is 3. The van der Waals surface area contributed by atoms with Crippen LogP contribution < -0.4 is 11.2 Å². The maximum atomic E-state index is 10.6. The minimum Gasteiger partial charge on any atom is -0.350 e. The zero-order valence-corrected chi connectivity index (χ0v) is 10.6. The third-order valence-corrected chi connectivity index (χ3v) is 2.50. The van der Waals surface area contributed by atoms with E-state index in [1.54, 1.807) is 19.3 Å². The number of aryl methyl sites for hydroxylation is 1. The predicted octanol–water partition coefficient (Wildman–Crippen LogP) is 1.17. The molecule has 0 bridgehead atoms. The molecule has 0 unspecified atom stereocenters. The molecule has 7 heteroatoms. The van der Waals surface area contributed by atoms with Gasteiger partial charge < -0.3 is 10.7 Å². The third kappa shape index (κ3) is 2.95. The Morgan fingerprint density at radius 1 is 1.53 bits per heavy atom. The van der Waals surface area contributed by atoms with E-state index < -0.39 is 6.03 Å². The highest BCUT2D eigenvalue weighted by Gasteiger charge is 2.11. The van der Waals surface area contributed by atoms with E-state index in [1.807, 2.05) is 19.1 Å². The number of primary amides is 1. The van der Waals surface area contributed by atoms with E-state index in [1.165, 1.54) is 0 Å². The number of hydrazone groups is 1. The van der Waals surface area contributed by atoms with E-state index in [0.717, 1.165) is 11.3 Å². The van der Waals surface area contributed by atoms with Crippen molar-refractivity contribution in [2.45, 2.75) is 13.8 Å². The molecule has 0 aromatic carbocycles. The number of nitrogens with two attached hydrogens (primary N) is 1. The molecule has 0 aliphatic carbocycles. The van der Waals surface area contributed by atoms with Crippen LogP contribution >= 0.6 is 0 Å². The number of imidazole rings is 1. The Morgan fingerprint density at radius 3 is 2.95 bits per heavy atom. The van der Waals surface area contributed by atoms with Gasteiger partial charge in [0.05, 0.1) is 5.71 Å². The molecule has 2 rings (SSSR count). The summed E-state index contributed by atoms with van der Waals surface area (Å²) in [7, 11) is 0. The van der Waals surface area contributed by atoms with Crippen LogP contribution in [0.2, 0.25) is 0 Å². The summed E-state index contributed by atoms with van der Waals surface area (Å²) in [5.41, 5.74) is 10.1. The summed E-state index contributed by atoms with van der Waals surface area (Å²) in [5.74, 6) is 0.703. The minimum absolute atomic E-state index is 0.572. The zero-order valence-electron chi connectivity index (χ0n) is 10.6. The van der Waals surface area contributed by atoms with Crippen molar-refractivity contribution in [2.75, 3.05) is 0 Å². The lowest BCUT2D eigenvalue weighted by Crippen LogP contribution is -2.25. The topological polar surface area (TPSA) is 109 Å². The molecule has 0 fully saturated rings. The standard InChI is InChI=1S/C12H14N6O/c1-7-10(8(2)17-18-12(13)19)16-11(15-7)9-4-3-5-14-6-9/h3-6H,1-2H3,(H,15,16)(H3,13,18,19). The molecule has 98 valence electrons. The molecule has 2 aromatic heterocycles. The van der Waals surface area contributed by atoms with Crippen molar-refractivity contribution in [3.05, 3.63) is 35.9 Å². The number of H-pyrrole nitrogens is 1. The number of aromatic nitrogens is 3. The highest BCUT2D eigenvalue weighted by Crippen LogP contribution is 2.17. The fourth-order valence-corrected chi connectivity index (χ4v) is 1.64. The van der Waals surface area contributed by atoms with Crippen molar-refractivity contribution >= 4 is 11.7 Å². The number of rotatable bonds is 3. The van der Waals surface area contributed by atoms with Gasteiger partial charge in [-0.1, -0.05) is 0 Å². The second-order valence-electron chi connectivity index (χ2n) is 3.97. The highest BCUT2D eigenvalue weighted by atomic mass is 16.2. The van der Waals surface area contributed by atoms with E-state index in [0.29, 0.717) is 17.2 Å². The second kappa shape index (κ2) is 5.30. The molecule has 0 aliphatic heterocycles.